The monoisotopic (exact) mass is 243 g/mol. The SMILES string of the molecule is CN(Cc1cscn1)C1(CN)CCSC1. The van der Waals surface area contributed by atoms with E-state index in [4.69, 9.17) is 5.73 Å². The van der Waals surface area contributed by atoms with E-state index in [9.17, 15) is 0 Å². The molecule has 2 N–H and O–H groups in total. The normalized spacial score (nSPS) is 26.3. The molecule has 0 bridgehead atoms. The van der Waals surface area contributed by atoms with Gasteiger partial charge in [-0.3, -0.25) is 4.90 Å². The van der Waals surface area contributed by atoms with Crippen LogP contribution in [0.4, 0.5) is 0 Å². The highest BCUT2D eigenvalue weighted by atomic mass is 32.2. The molecule has 1 aliphatic heterocycles. The summed E-state index contributed by atoms with van der Waals surface area (Å²) in [5.74, 6) is 2.39. The van der Waals surface area contributed by atoms with Crippen LogP contribution >= 0.6 is 23.1 Å². The van der Waals surface area contributed by atoms with E-state index in [1.807, 2.05) is 17.3 Å². The Kier molecular flexibility index (Phi) is 3.66. The summed E-state index contributed by atoms with van der Waals surface area (Å²) in [5.41, 5.74) is 9.18. The Hall–Kier alpha value is -0.100. The summed E-state index contributed by atoms with van der Waals surface area (Å²) in [6.07, 6.45) is 1.20. The van der Waals surface area contributed by atoms with Crippen molar-refractivity contribution in [3.8, 4) is 0 Å². The maximum absolute atomic E-state index is 5.93. The van der Waals surface area contributed by atoms with Crippen LogP contribution in [-0.2, 0) is 6.54 Å². The minimum absolute atomic E-state index is 0.203. The molecule has 1 atom stereocenters. The molecule has 0 aliphatic carbocycles. The predicted molar refractivity (Wildman–Crippen MR) is 67.3 cm³/mol. The van der Waals surface area contributed by atoms with Crippen LogP contribution in [0.5, 0.6) is 0 Å². The highest BCUT2D eigenvalue weighted by Gasteiger charge is 2.36. The third-order valence-electron chi connectivity index (χ3n) is 3.15. The minimum atomic E-state index is 0.203. The molecule has 1 fully saturated rings. The Morgan fingerprint density at radius 3 is 3.07 bits per heavy atom. The summed E-state index contributed by atoms with van der Waals surface area (Å²) in [5, 5.41) is 2.11. The zero-order valence-electron chi connectivity index (χ0n) is 8.98. The van der Waals surface area contributed by atoms with Gasteiger partial charge in [0.25, 0.3) is 0 Å². The molecule has 0 aromatic carbocycles. The van der Waals surface area contributed by atoms with Crippen molar-refractivity contribution in [1.29, 1.82) is 0 Å². The molecular formula is C10H17N3S2. The summed E-state index contributed by atoms with van der Waals surface area (Å²) in [7, 11) is 2.16. The summed E-state index contributed by atoms with van der Waals surface area (Å²) < 4.78 is 0. The molecule has 1 aromatic rings. The van der Waals surface area contributed by atoms with Crippen LogP contribution in [0, 0.1) is 0 Å². The average molecular weight is 243 g/mol. The van der Waals surface area contributed by atoms with E-state index in [1.165, 1.54) is 12.2 Å². The van der Waals surface area contributed by atoms with Crippen molar-refractivity contribution in [2.24, 2.45) is 5.73 Å². The summed E-state index contributed by atoms with van der Waals surface area (Å²) in [4.78, 5) is 6.70. The zero-order chi connectivity index (χ0) is 10.7. The van der Waals surface area contributed by atoms with Gasteiger partial charge in [0.05, 0.1) is 11.2 Å². The first-order chi connectivity index (χ1) is 7.27. The summed E-state index contributed by atoms with van der Waals surface area (Å²) >= 11 is 3.66. The van der Waals surface area contributed by atoms with Crippen LogP contribution in [0.2, 0.25) is 0 Å². The lowest BCUT2D eigenvalue weighted by atomic mass is 9.97. The third-order valence-corrected chi connectivity index (χ3v) is 5.02. The molecule has 0 spiro atoms. The van der Waals surface area contributed by atoms with E-state index in [0.717, 1.165) is 24.5 Å². The predicted octanol–water partition coefficient (Wildman–Crippen LogP) is 1.41. The Morgan fingerprint density at radius 2 is 2.53 bits per heavy atom. The highest BCUT2D eigenvalue weighted by molar-refractivity contribution is 7.99. The Balaban J connectivity index is 2.02. The maximum Gasteiger partial charge on any atom is 0.0795 e. The largest absolute Gasteiger partial charge is 0.329 e. The molecule has 1 aromatic heterocycles. The molecule has 1 unspecified atom stereocenters. The van der Waals surface area contributed by atoms with Gasteiger partial charge in [-0.05, 0) is 19.2 Å². The molecule has 2 heterocycles. The number of thioether (sulfide) groups is 1. The fourth-order valence-corrected chi connectivity index (χ4v) is 4.02. The van der Waals surface area contributed by atoms with Crippen LogP contribution in [0.15, 0.2) is 10.9 Å². The van der Waals surface area contributed by atoms with E-state index in [1.54, 1.807) is 11.3 Å². The first-order valence-corrected chi connectivity index (χ1v) is 7.23. The van der Waals surface area contributed by atoms with Gasteiger partial charge in [-0.25, -0.2) is 4.98 Å². The minimum Gasteiger partial charge on any atom is -0.329 e. The van der Waals surface area contributed by atoms with Crippen molar-refractivity contribution in [2.75, 3.05) is 25.1 Å². The van der Waals surface area contributed by atoms with Gasteiger partial charge in [0.1, 0.15) is 0 Å². The Labute approximate surface area is 99.1 Å². The zero-order valence-corrected chi connectivity index (χ0v) is 10.6. The third kappa shape index (κ3) is 2.36. The van der Waals surface area contributed by atoms with Crippen molar-refractivity contribution in [1.82, 2.24) is 9.88 Å². The van der Waals surface area contributed by atoms with Crippen molar-refractivity contribution < 1.29 is 0 Å². The molecule has 3 nitrogen and oxygen atoms in total. The number of hydrogen-bond donors (Lipinski definition) is 1. The van der Waals surface area contributed by atoms with E-state index in [0.29, 0.717) is 0 Å². The molecule has 2 rings (SSSR count). The molecule has 0 radical (unpaired) electrons. The van der Waals surface area contributed by atoms with Crippen LogP contribution in [-0.4, -0.2) is 40.5 Å². The lowest BCUT2D eigenvalue weighted by Gasteiger charge is -2.36. The molecule has 84 valence electrons. The Morgan fingerprint density at radius 1 is 1.67 bits per heavy atom. The fourth-order valence-electron chi connectivity index (χ4n) is 1.94. The molecular weight excluding hydrogens is 226 g/mol. The van der Waals surface area contributed by atoms with Crippen molar-refractivity contribution >= 4 is 23.1 Å². The van der Waals surface area contributed by atoms with Crippen LogP contribution < -0.4 is 5.73 Å². The van der Waals surface area contributed by atoms with Crippen molar-refractivity contribution in [3.05, 3.63) is 16.6 Å². The first-order valence-electron chi connectivity index (χ1n) is 5.13. The van der Waals surface area contributed by atoms with E-state index < -0.39 is 0 Å². The highest BCUT2D eigenvalue weighted by Crippen LogP contribution is 2.32. The smallest absolute Gasteiger partial charge is 0.0795 e. The molecule has 0 amide bonds. The van der Waals surface area contributed by atoms with Crippen LogP contribution in [0.1, 0.15) is 12.1 Å². The maximum atomic E-state index is 5.93. The van der Waals surface area contributed by atoms with E-state index in [-0.39, 0.29) is 5.54 Å². The van der Waals surface area contributed by atoms with Gasteiger partial charge >= 0.3 is 0 Å². The number of likely N-dealkylation sites (N-methyl/N-ethyl adjacent to an activating group) is 1. The van der Waals surface area contributed by atoms with Crippen molar-refractivity contribution in [3.63, 3.8) is 0 Å². The van der Waals surface area contributed by atoms with Gasteiger partial charge in [0.15, 0.2) is 0 Å². The van der Waals surface area contributed by atoms with E-state index in [2.05, 4.69) is 22.3 Å². The van der Waals surface area contributed by atoms with Gasteiger partial charge in [-0.1, -0.05) is 0 Å². The standard InChI is InChI=1S/C10H17N3S2/c1-13(4-9-5-15-8-12-9)10(6-11)2-3-14-7-10/h5,8H,2-4,6-7,11H2,1H3. The van der Waals surface area contributed by atoms with E-state index >= 15 is 0 Å². The number of nitrogens with two attached hydrogens (primary N) is 1. The quantitative estimate of drug-likeness (QED) is 0.868. The summed E-state index contributed by atoms with van der Waals surface area (Å²) in [6.45, 7) is 1.67. The lowest BCUT2D eigenvalue weighted by molar-refractivity contribution is 0.142. The molecule has 1 saturated heterocycles. The Bertz CT molecular complexity index is 294. The number of thiazole rings is 1. The van der Waals surface area contributed by atoms with Gasteiger partial charge in [0, 0.05) is 29.8 Å². The van der Waals surface area contributed by atoms with Gasteiger partial charge in [-0.2, -0.15) is 11.8 Å². The molecule has 15 heavy (non-hydrogen) atoms. The second-order valence-corrected chi connectivity index (χ2v) is 5.89. The molecule has 1 aliphatic rings. The molecule has 5 heteroatoms. The van der Waals surface area contributed by atoms with Gasteiger partial charge < -0.3 is 5.73 Å². The number of hydrogen-bond acceptors (Lipinski definition) is 5. The second-order valence-electron chi connectivity index (χ2n) is 4.07. The topological polar surface area (TPSA) is 42.2 Å². The fraction of sp³-hybridized carbons (Fsp3) is 0.700. The van der Waals surface area contributed by atoms with Crippen molar-refractivity contribution in [2.45, 2.75) is 18.5 Å². The average Bonchev–Trinajstić information content (AvgIpc) is 2.87. The summed E-state index contributed by atoms with van der Waals surface area (Å²) in [6, 6.07) is 0. The first kappa shape index (κ1) is 11.4. The number of nitrogens with zero attached hydrogens (tertiary/aromatic N) is 2. The van der Waals surface area contributed by atoms with Gasteiger partial charge in [-0.15, -0.1) is 11.3 Å². The lowest BCUT2D eigenvalue weighted by Crippen LogP contribution is -2.51. The van der Waals surface area contributed by atoms with Crippen LogP contribution in [0.25, 0.3) is 0 Å². The second kappa shape index (κ2) is 4.82. The van der Waals surface area contributed by atoms with Crippen LogP contribution in [0.3, 0.4) is 0 Å². The number of rotatable bonds is 4. The number of aromatic nitrogens is 1. The molecule has 0 saturated carbocycles. The van der Waals surface area contributed by atoms with Gasteiger partial charge in [0.2, 0.25) is 0 Å².